The van der Waals surface area contributed by atoms with E-state index >= 15 is 0 Å². The molecule has 1 aliphatic carbocycles. The second-order valence-corrected chi connectivity index (χ2v) is 9.77. The van der Waals surface area contributed by atoms with Gasteiger partial charge in [-0.25, -0.2) is 8.78 Å². The summed E-state index contributed by atoms with van der Waals surface area (Å²) in [7, 11) is 0. The van der Waals surface area contributed by atoms with Gasteiger partial charge >= 0.3 is 0 Å². The van der Waals surface area contributed by atoms with Gasteiger partial charge < -0.3 is 0 Å². The van der Waals surface area contributed by atoms with Crippen molar-refractivity contribution in [3.8, 4) is 0 Å². The molecule has 0 heterocycles. The third-order valence-corrected chi connectivity index (χ3v) is 7.47. The fourth-order valence-corrected chi connectivity index (χ4v) is 5.27. The van der Waals surface area contributed by atoms with E-state index in [-0.39, 0.29) is 0 Å². The first kappa shape index (κ1) is 23.7. The Morgan fingerprint density at radius 2 is 1.55 bits per heavy atom. The molecule has 0 amide bonds. The number of allylic oxidation sites excluding steroid dienone is 1. The average Bonchev–Trinajstić information content (AvgIpc) is 2.86. The van der Waals surface area contributed by atoms with Crippen molar-refractivity contribution < 1.29 is 8.78 Å². The Hall–Kier alpha value is -2.48. The van der Waals surface area contributed by atoms with Gasteiger partial charge in [-0.3, -0.25) is 0 Å². The van der Waals surface area contributed by atoms with Crippen LogP contribution in [0.1, 0.15) is 80.0 Å². The maximum absolute atomic E-state index is 14.9. The standard InChI is InChI=1S/C31H36F2/c1-3-5-6-7-24-13-18-27-21-28(30(32)31(33)29(27)20-24)19-12-23-10-16-26(17-11-23)25-14-8-22(4-2)9-15-25/h4,10-11,13,16-18,20-22,25H,2-3,5-9,12,14-15,19H2,1H3. The molecule has 0 radical (unpaired) electrons. The second-order valence-electron chi connectivity index (χ2n) is 9.77. The summed E-state index contributed by atoms with van der Waals surface area (Å²) < 4.78 is 29.7. The Labute approximate surface area is 197 Å². The van der Waals surface area contributed by atoms with Crippen LogP contribution in [0.25, 0.3) is 10.8 Å². The Morgan fingerprint density at radius 1 is 0.818 bits per heavy atom. The summed E-state index contributed by atoms with van der Waals surface area (Å²) in [6, 6.07) is 16.4. The molecule has 1 saturated carbocycles. The Balaban J connectivity index is 1.42. The first-order chi connectivity index (χ1) is 16.1. The summed E-state index contributed by atoms with van der Waals surface area (Å²) >= 11 is 0. The smallest absolute Gasteiger partial charge is 0.166 e. The molecule has 0 bridgehead atoms. The number of unbranched alkanes of at least 4 members (excludes halogenated alkanes) is 2. The van der Waals surface area contributed by atoms with Gasteiger partial charge in [-0.15, -0.1) is 6.58 Å². The third kappa shape index (κ3) is 5.72. The maximum Gasteiger partial charge on any atom is 0.166 e. The van der Waals surface area contributed by atoms with Crippen LogP contribution >= 0.6 is 0 Å². The minimum atomic E-state index is -0.703. The van der Waals surface area contributed by atoms with E-state index in [4.69, 9.17) is 0 Å². The molecule has 0 aliphatic heterocycles. The van der Waals surface area contributed by atoms with Crippen LogP contribution in [0.2, 0.25) is 0 Å². The third-order valence-electron chi connectivity index (χ3n) is 7.47. The molecule has 3 aromatic carbocycles. The molecular formula is C31H36F2. The number of rotatable bonds is 9. The van der Waals surface area contributed by atoms with Gasteiger partial charge in [-0.1, -0.05) is 62.2 Å². The lowest BCUT2D eigenvalue weighted by atomic mass is 9.78. The molecule has 0 aromatic heterocycles. The van der Waals surface area contributed by atoms with Gasteiger partial charge in [-0.2, -0.15) is 0 Å². The zero-order valence-electron chi connectivity index (χ0n) is 19.9. The fraction of sp³-hybridized carbons (Fsp3) is 0.419. The Morgan fingerprint density at radius 3 is 2.24 bits per heavy atom. The van der Waals surface area contributed by atoms with Gasteiger partial charge in [0.2, 0.25) is 0 Å². The topological polar surface area (TPSA) is 0 Å². The predicted molar refractivity (Wildman–Crippen MR) is 136 cm³/mol. The molecule has 2 heteroatoms. The van der Waals surface area contributed by atoms with E-state index in [2.05, 4.69) is 49.9 Å². The Kier molecular flexibility index (Phi) is 7.96. The van der Waals surface area contributed by atoms with Crippen molar-refractivity contribution in [2.45, 2.75) is 77.0 Å². The van der Waals surface area contributed by atoms with Crippen LogP contribution in [0.4, 0.5) is 8.78 Å². The number of halogens is 2. The molecule has 4 rings (SSSR count). The molecule has 1 fully saturated rings. The molecule has 3 aromatic rings. The van der Waals surface area contributed by atoms with E-state index < -0.39 is 11.6 Å². The van der Waals surface area contributed by atoms with Crippen molar-refractivity contribution in [3.63, 3.8) is 0 Å². The largest absolute Gasteiger partial charge is 0.203 e. The van der Waals surface area contributed by atoms with E-state index in [1.54, 1.807) is 0 Å². The average molecular weight is 447 g/mol. The number of benzene rings is 3. The molecule has 1 aliphatic rings. The van der Waals surface area contributed by atoms with Crippen molar-refractivity contribution >= 4 is 10.8 Å². The molecule has 0 nitrogen and oxygen atoms in total. The van der Waals surface area contributed by atoms with Gasteiger partial charge in [0.1, 0.15) is 0 Å². The lowest BCUT2D eigenvalue weighted by Gasteiger charge is -2.27. The van der Waals surface area contributed by atoms with Crippen molar-refractivity contribution in [3.05, 3.63) is 95.1 Å². The van der Waals surface area contributed by atoms with E-state index in [0.717, 1.165) is 36.6 Å². The summed E-state index contributed by atoms with van der Waals surface area (Å²) in [6.07, 6.45) is 12.5. The number of hydrogen-bond donors (Lipinski definition) is 0. The van der Waals surface area contributed by atoms with Gasteiger partial charge in [-0.05, 0) is 103 Å². The molecule has 0 saturated heterocycles. The van der Waals surface area contributed by atoms with Gasteiger partial charge in [0.05, 0.1) is 0 Å². The van der Waals surface area contributed by atoms with Crippen LogP contribution in [0, 0.1) is 17.6 Å². The zero-order valence-corrected chi connectivity index (χ0v) is 19.9. The highest BCUT2D eigenvalue weighted by molar-refractivity contribution is 5.84. The van der Waals surface area contributed by atoms with E-state index in [9.17, 15) is 8.78 Å². The molecule has 0 spiro atoms. The molecule has 0 unspecified atom stereocenters. The molecule has 33 heavy (non-hydrogen) atoms. The normalized spacial score (nSPS) is 18.5. The lowest BCUT2D eigenvalue weighted by molar-refractivity contribution is 0.376. The van der Waals surface area contributed by atoms with Crippen LogP contribution < -0.4 is 0 Å². The number of aryl methyl sites for hydroxylation is 3. The van der Waals surface area contributed by atoms with Crippen LogP contribution in [-0.4, -0.2) is 0 Å². The van der Waals surface area contributed by atoms with Gasteiger partial charge in [0.15, 0.2) is 11.6 Å². The van der Waals surface area contributed by atoms with Crippen molar-refractivity contribution in [2.75, 3.05) is 0 Å². The first-order valence-corrected chi connectivity index (χ1v) is 12.7. The highest BCUT2D eigenvalue weighted by Crippen LogP contribution is 2.36. The molecular weight excluding hydrogens is 410 g/mol. The summed E-state index contributed by atoms with van der Waals surface area (Å²) in [5, 5.41) is 1.19. The van der Waals surface area contributed by atoms with Crippen LogP contribution in [0.3, 0.4) is 0 Å². The van der Waals surface area contributed by atoms with E-state index in [1.165, 1.54) is 36.8 Å². The lowest BCUT2D eigenvalue weighted by Crippen LogP contribution is -2.11. The van der Waals surface area contributed by atoms with Crippen molar-refractivity contribution in [2.24, 2.45) is 5.92 Å². The van der Waals surface area contributed by atoms with Crippen LogP contribution in [0.5, 0.6) is 0 Å². The minimum Gasteiger partial charge on any atom is -0.203 e. The van der Waals surface area contributed by atoms with Crippen LogP contribution in [-0.2, 0) is 19.3 Å². The monoisotopic (exact) mass is 446 g/mol. The highest BCUT2D eigenvalue weighted by Gasteiger charge is 2.20. The first-order valence-electron chi connectivity index (χ1n) is 12.7. The van der Waals surface area contributed by atoms with E-state index in [0.29, 0.717) is 35.6 Å². The SMILES string of the molecule is C=CC1CCC(c2ccc(CCc3cc4ccc(CCCCC)cc4c(F)c3F)cc2)CC1. The zero-order chi connectivity index (χ0) is 23.2. The van der Waals surface area contributed by atoms with Gasteiger partial charge in [0, 0.05) is 5.39 Å². The summed E-state index contributed by atoms with van der Waals surface area (Å²) in [6.45, 7) is 6.10. The van der Waals surface area contributed by atoms with Gasteiger partial charge in [0.25, 0.3) is 0 Å². The quantitative estimate of drug-likeness (QED) is 0.227. The van der Waals surface area contributed by atoms with Crippen molar-refractivity contribution in [1.29, 1.82) is 0 Å². The van der Waals surface area contributed by atoms with E-state index in [1.807, 2.05) is 18.2 Å². The second kappa shape index (κ2) is 11.1. The number of hydrogen-bond acceptors (Lipinski definition) is 0. The minimum absolute atomic E-state index is 0.403. The maximum atomic E-state index is 14.9. The molecule has 0 atom stereocenters. The Bertz CT molecular complexity index is 1070. The molecule has 174 valence electrons. The predicted octanol–water partition coefficient (Wildman–Crippen LogP) is 9.10. The summed E-state index contributed by atoms with van der Waals surface area (Å²) in [5.41, 5.74) is 4.12. The summed E-state index contributed by atoms with van der Waals surface area (Å²) in [4.78, 5) is 0. The van der Waals surface area contributed by atoms with Crippen molar-refractivity contribution in [1.82, 2.24) is 0 Å². The molecule has 0 N–H and O–H groups in total. The summed E-state index contributed by atoms with van der Waals surface area (Å²) in [5.74, 6) is -0.0892. The number of fused-ring (bicyclic) bond motifs is 1. The fourth-order valence-electron chi connectivity index (χ4n) is 5.27. The highest BCUT2D eigenvalue weighted by atomic mass is 19.2. The van der Waals surface area contributed by atoms with Crippen LogP contribution in [0.15, 0.2) is 61.2 Å².